The quantitative estimate of drug-likeness (QED) is 0.666. The van der Waals surface area contributed by atoms with E-state index in [1.807, 2.05) is 55.6 Å². The zero-order chi connectivity index (χ0) is 20.3. The van der Waals surface area contributed by atoms with Gasteiger partial charge in [-0.25, -0.2) is 0 Å². The summed E-state index contributed by atoms with van der Waals surface area (Å²) in [6.45, 7) is 8.69. The summed E-state index contributed by atoms with van der Waals surface area (Å²) in [7, 11) is 0. The number of hydrogen-bond donors (Lipinski definition) is 1. The van der Waals surface area contributed by atoms with Gasteiger partial charge in [-0.05, 0) is 48.9 Å². The van der Waals surface area contributed by atoms with Gasteiger partial charge in [0.05, 0.1) is 24.8 Å². The Labute approximate surface area is 170 Å². The highest BCUT2D eigenvalue weighted by molar-refractivity contribution is 7.11. The molecule has 0 radical (unpaired) electrons. The minimum absolute atomic E-state index is 0.0506. The fourth-order valence-corrected chi connectivity index (χ4v) is 3.79. The van der Waals surface area contributed by atoms with Crippen molar-refractivity contribution in [1.29, 1.82) is 0 Å². The molecule has 1 aromatic heterocycles. The number of ether oxygens (including phenoxy) is 1. The number of hydrogen-bond acceptors (Lipinski definition) is 5. The second-order valence-electron chi connectivity index (χ2n) is 7.31. The van der Waals surface area contributed by atoms with Gasteiger partial charge >= 0.3 is 0 Å². The van der Waals surface area contributed by atoms with Gasteiger partial charge in [0, 0.05) is 10.6 Å². The third kappa shape index (κ3) is 4.34. The molecule has 2 aromatic rings. The van der Waals surface area contributed by atoms with E-state index in [-0.39, 0.29) is 24.5 Å². The van der Waals surface area contributed by atoms with Crippen LogP contribution in [0.5, 0.6) is 0 Å². The third-order valence-electron chi connectivity index (χ3n) is 4.55. The normalized spacial score (nSPS) is 14.7. The van der Waals surface area contributed by atoms with Crippen molar-refractivity contribution in [2.45, 2.75) is 39.7 Å². The maximum Gasteiger partial charge on any atom is 0.278 e. The zero-order valence-corrected chi connectivity index (χ0v) is 17.5. The van der Waals surface area contributed by atoms with Crippen LogP contribution >= 0.6 is 11.3 Å². The van der Waals surface area contributed by atoms with Gasteiger partial charge in [-0.15, -0.1) is 11.3 Å². The summed E-state index contributed by atoms with van der Waals surface area (Å²) in [4.78, 5) is 28.1. The molecule has 2 heterocycles. The molecule has 0 saturated carbocycles. The molecule has 0 spiro atoms. The van der Waals surface area contributed by atoms with Crippen molar-refractivity contribution in [3.8, 4) is 0 Å². The number of imide groups is 1. The van der Waals surface area contributed by atoms with Crippen molar-refractivity contribution in [3.63, 3.8) is 0 Å². The van der Waals surface area contributed by atoms with Crippen molar-refractivity contribution in [1.82, 2.24) is 4.90 Å². The average Bonchev–Trinajstić information content (AvgIpc) is 3.25. The number of thiophene rings is 1. The number of carbonyl (C=O) groups is 2. The largest absolute Gasteiger partial charge is 0.377 e. The number of nitrogens with one attached hydrogen (secondary N) is 1. The van der Waals surface area contributed by atoms with Gasteiger partial charge in [-0.1, -0.05) is 32.0 Å². The van der Waals surface area contributed by atoms with E-state index in [0.29, 0.717) is 23.8 Å². The molecular formula is C22H26N2O3S. The lowest BCUT2D eigenvalue weighted by atomic mass is 10.0. The molecule has 0 bridgehead atoms. The van der Waals surface area contributed by atoms with E-state index in [0.717, 1.165) is 10.6 Å². The lowest BCUT2D eigenvalue weighted by Gasteiger charge is -2.16. The van der Waals surface area contributed by atoms with Gasteiger partial charge in [0.15, 0.2) is 0 Å². The summed E-state index contributed by atoms with van der Waals surface area (Å²) in [6, 6.07) is 11.7. The van der Waals surface area contributed by atoms with Crippen LogP contribution in [0, 0.1) is 0 Å². The van der Waals surface area contributed by atoms with Crippen LogP contribution in [0.2, 0.25) is 0 Å². The summed E-state index contributed by atoms with van der Waals surface area (Å²) >= 11 is 1.45. The predicted octanol–water partition coefficient (Wildman–Crippen LogP) is 4.49. The Balaban J connectivity index is 1.87. The first-order valence-electron chi connectivity index (χ1n) is 9.51. The van der Waals surface area contributed by atoms with Gasteiger partial charge in [0.25, 0.3) is 11.8 Å². The van der Waals surface area contributed by atoms with E-state index >= 15 is 0 Å². The van der Waals surface area contributed by atoms with Gasteiger partial charge in [-0.3, -0.25) is 14.5 Å². The fraction of sp³-hybridized carbons (Fsp3) is 0.364. The van der Waals surface area contributed by atoms with Crippen LogP contribution in [0.1, 0.15) is 44.1 Å². The molecule has 2 amide bonds. The van der Waals surface area contributed by atoms with Crippen LogP contribution in [-0.4, -0.2) is 36.0 Å². The molecule has 0 aliphatic carbocycles. The maximum atomic E-state index is 13.0. The number of rotatable bonds is 8. The smallest absolute Gasteiger partial charge is 0.278 e. The Hall–Kier alpha value is -2.44. The highest BCUT2D eigenvalue weighted by atomic mass is 32.1. The van der Waals surface area contributed by atoms with Gasteiger partial charge in [-0.2, -0.15) is 0 Å². The van der Waals surface area contributed by atoms with Crippen molar-refractivity contribution >= 4 is 34.4 Å². The van der Waals surface area contributed by atoms with Crippen LogP contribution in [-0.2, 0) is 14.3 Å². The maximum absolute atomic E-state index is 13.0. The molecule has 1 aromatic carbocycles. The predicted molar refractivity (Wildman–Crippen MR) is 113 cm³/mol. The molecule has 0 atom stereocenters. The second-order valence-corrected chi connectivity index (χ2v) is 8.26. The molecule has 1 aliphatic rings. The minimum Gasteiger partial charge on any atom is -0.377 e. The first kappa shape index (κ1) is 20.3. The van der Waals surface area contributed by atoms with E-state index in [4.69, 9.17) is 4.74 Å². The highest BCUT2D eigenvalue weighted by Crippen LogP contribution is 2.33. The molecule has 0 fully saturated rings. The van der Waals surface area contributed by atoms with E-state index in [9.17, 15) is 9.59 Å². The first-order chi connectivity index (χ1) is 13.4. The molecule has 148 valence electrons. The molecular weight excluding hydrogens is 372 g/mol. The van der Waals surface area contributed by atoms with Crippen LogP contribution in [0.3, 0.4) is 0 Å². The lowest BCUT2D eigenvalue weighted by molar-refractivity contribution is -0.137. The molecule has 6 heteroatoms. The van der Waals surface area contributed by atoms with Crippen LogP contribution in [0.4, 0.5) is 5.69 Å². The second kappa shape index (κ2) is 8.71. The van der Waals surface area contributed by atoms with Gasteiger partial charge < -0.3 is 10.1 Å². The highest BCUT2D eigenvalue weighted by Gasteiger charge is 2.39. The van der Waals surface area contributed by atoms with E-state index in [1.54, 1.807) is 0 Å². The van der Waals surface area contributed by atoms with E-state index in [2.05, 4.69) is 19.2 Å². The summed E-state index contributed by atoms with van der Waals surface area (Å²) in [5.41, 5.74) is 2.76. The topological polar surface area (TPSA) is 58.6 Å². The molecule has 5 nitrogen and oxygen atoms in total. The molecule has 0 saturated heterocycles. The van der Waals surface area contributed by atoms with E-state index < -0.39 is 0 Å². The first-order valence-corrected chi connectivity index (χ1v) is 10.4. The standard InChI is InChI=1S/C22H26N2O3S/c1-14(2)16-7-9-17(10-8-16)23-20-19(18-6-5-13-28-18)21(25)24(22(20)26)11-12-27-15(3)4/h5-10,13-15,23H,11-12H2,1-4H3. The van der Waals surface area contributed by atoms with Crippen molar-refractivity contribution in [2.24, 2.45) is 0 Å². The van der Waals surface area contributed by atoms with Gasteiger partial charge in [0.2, 0.25) is 0 Å². The Bertz CT molecular complexity index is 868. The monoisotopic (exact) mass is 398 g/mol. The van der Waals surface area contributed by atoms with Gasteiger partial charge in [0.1, 0.15) is 5.70 Å². The number of nitrogens with zero attached hydrogens (tertiary/aromatic N) is 1. The lowest BCUT2D eigenvalue weighted by Crippen LogP contribution is -2.35. The van der Waals surface area contributed by atoms with Crippen LogP contribution < -0.4 is 5.32 Å². The van der Waals surface area contributed by atoms with Crippen molar-refractivity contribution in [3.05, 3.63) is 57.9 Å². The summed E-state index contributed by atoms with van der Waals surface area (Å²) in [5, 5.41) is 5.09. The Morgan fingerprint density at radius 3 is 2.32 bits per heavy atom. The summed E-state index contributed by atoms with van der Waals surface area (Å²) in [5.74, 6) is -0.157. The van der Waals surface area contributed by atoms with Crippen LogP contribution in [0.25, 0.3) is 5.57 Å². The summed E-state index contributed by atoms with van der Waals surface area (Å²) < 4.78 is 5.53. The molecule has 0 unspecified atom stereocenters. The minimum atomic E-state index is -0.311. The number of benzene rings is 1. The Kier molecular flexibility index (Phi) is 6.31. The Morgan fingerprint density at radius 1 is 1.04 bits per heavy atom. The molecule has 3 rings (SSSR count). The SMILES string of the molecule is CC(C)OCCN1C(=O)C(Nc2ccc(C(C)C)cc2)=C(c2cccs2)C1=O. The molecule has 1 aliphatic heterocycles. The van der Waals surface area contributed by atoms with Crippen molar-refractivity contribution in [2.75, 3.05) is 18.5 Å². The average molecular weight is 399 g/mol. The molecule has 28 heavy (non-hydrogen) atoms. The fourth-order valence-electron chi connectivity index (χ4n) is 3.02. The number of amides is 2. The van der Waals surface area contributed by atoms with Crippen LogP contribution in [0.15, 0.2) is 47.5 Å². The molecule has 1 N–H and O–H groups in total. The Morgan fingerprint density at radius 2 is 1.75 bits per heavy atom. The number of anilines is 1. The number of carbonyl (C=O) groups excluding carboxylic acids is 2. The van der Waals surface area contributed by atoms with Crippen molar-refractivity contribution < 1.29 is 14.3 Å². The third-order valence-corrected chi connectivity index (χ3v) is 5.44. The zero-order valence-electron chi connectivity index (χ0n) is 16.7. The summed E-state index contributed by atoms with van der Waals surface area (Å²) in [6.07, 6.45) is 0.0506. The van der Waals surface area contributed by atoms with E-state index in [1.165, 1.54) is 21.8 Å².